The van der Waals surface area contributed by atoms with Crippen molar-refractivity contribution in [3.8, 4) is 28.4 Å². The van der Waals surface area contributed by atoms with Gasteiger partial charge < -0.3 is 19.2 Å². The minimum Gasteiger partial charge on any atom is -0.496 e. The lowest BCUT2D eigenvalue weighted by atomic mass is 10.0. The summed E-state index contributed by atoms with van der Waals surface area (Å²) in [5.41, 5.74) is 5.33. The smallest absolute Gasteiger partial charge is 0.343 e. The number of aromatic nitrogens is 1. The van der Waals surface area contributed by atoms with Crippen LogP contribution in [0.3, 0.4) is 0 Å². The third-order valence-electron chi connectivity index (χ3n) is 6.31. The fraction of sp³-hybridized carbons (Fsp3) is 0.0645. The molecule has 0 aliphatic heterocycles. The standard InChI is InChI=1S/C31H22Br2ClN3O5/c1-40-24-13-14-25(41-2)28-27(24)26(21-5-3-4-6-22(21)34)29(36-28)30(38)37-35-16-18-15-20(33)11-12-23(18)42-31(39)17-7-9-19(32)10-8-17/h3-16,36H,1-2H3,(H,37,38). The second kappa shape index (κ2) is 12.8. The number of hydrogen-bond acceptors (Lipinski definition) is 6. The van der Waals surface area contributed by atoms with Gasteiger partial charge in [-0.3, -0.25) is 4.79 Å². The molecular weight excluding hydrogens is 690 g/mol. The van der Waals surface area contributed by atoms with Crippen LogP contribution >= 0.6 is 43.5 Å². The average Bonchev–Trinajstić information content (AvgIpc) is 3.39. The van der Waals surface area contributed by atoms with Gasteiger partial charge in [-0.25, -0.2) is 10.2 Å². The molecule has 0 saturated heterocycles. The number of amides is 1. The molecule has 0 aliphatic carbocycles. The molecule has 0 bridgehead atoms. The van der Waals surface area contributed by atoms with Gasteiger partial charge >= 0.3 is 5.97 Å². The van der Waals surface area contributed by atoms with Gasteiger partial charge in [0.25, 0.3) is 5.91 Å². The number of rotatable bonds is 8. The van der Waals surface area contributed by atoms with Crippen LogP contribution in [0.5, 0.6) is 17.2 Å². The summed E-state index contributed by atoms with van der Waals surface area (Å²) in [7, 11) is 3.09. The third-order valence-corrected chi connectivity index (χ3v) is 7.66. The first-order chi connectivity index (χ1) is 20.3. The number of nitrogens with one attached hydrogen (secondary N) is 2. The topological polar surface area (TPSA) is 102 Å². The second-order valence-electron chi connectivity index (χ2n) is 8.85. The van der Waals surface area contributed by atoms with E-state index in [1.807, 2.05) is 18.2 Å². The zero-order chi connectivity index (χ0) is 29.8. The van der Waals surface area contributed by atoms with Crippen molar-refractivity contribution in [2.75, 3.05) is 14.2 Å². The monoisotopic (exact) mass is 709 g/mol. The number of methoxy groups -OCH3 is 2. The van der Waals surface area contributed by atoms with E-state index in [2.05, 4.69) is 47.4 Å². The molecule has 1 amide bonds. The Bertz CT molecular complexity index is 1840. The van der Waals surface area contributed by atoms with Crippen LogP contribution in [0.25, 0.3) is 22.0 Å². The van der Waals surface area contributed by atoms with Crippen molar-refractivity contribution < 1.29 is 23.8 Å². The Morgan fingerprint density at radius 1 is 0.881 bits per heavy atom. The molecule has 8 nitrogen and oxygen atoms in total. The van der Waals surface area contributed by atoms with Crippen molar-refractivity contribution in [3.05, 3.63) is 110 Å². The molecule has 0 fully saturated rings. The Hall–Kier alpha value is -4.12. The Morgan fingerprint density at radius 2 is 1.55 bits per heavy atom. The third kappa shape index (κ3) is 6.06. The minimum atomic E-state index is -0.537. The van der Waals surface area contributed by atoms with E-state index >= 15 is 0 Å². The highest BCUT2D eigenvalue weighted by Gasteiger charge is 2.25. The van der Waals surface area contributed by atoms with Gasteiger partial charge in [0.05, 0.1) is 36.9 Å². The molecule has 0 atom stereocenters. The van der Waals surface area contributed by atoms with E-state index in [-0.39, 0.29) is 11.4 Å². The Balaban J connectivity index is 1.49. The number of H-pyrrole nitrogens is 1. The highest BCUT2D eigenvalue weighted by molar-refractivity contribution is 9.10. The number of fused-ring (bicyclic) bond motifs is 1. The van der Waals surface area contributed by atoms with E-state index < -0.39 is 11.9 Å². The van der Waals surface area contributed by atoms with Crippen LogP contribution in [0, 0.1) is 0 Å². The lowest BCUT2D eigenvalue weighted by Crippen LogP contribution is -2.19. The highest BCUT2D eigenvalue weighted by atomic mass is 79.9. The molecule has 2 N–H and O–H groups in total. The van der Waals surface area contributed by atoms with E-state index in [1.54, 1.807) is 74.9 Å². The fourth-order valence-electron chi connectivity index (χ4n) is 4.37. The number of halogens is 3. The number of benzene rings is 4. The second-order valence-corrected chi connectivity index (χ2v) is 11.1. The van der Waals surface area contributed by atoms with Crippen molar-refractivity contribution in [2.24, 2.45) is 5.10 Å². The highest BCUT2D eigenvalue weighted by Crippen LogP contribution is 2.44. The lowest BCUT2D eigenvalue weighted by molar-refractivity contribution is 0.0734. The normalized spacial score (nSPS) is 11.1. The van der Waals surface area contributed by atoms with Crippen LogP contribution < -0.4 is 19.6 Å². The van der Waals surface area contributed by atoms with E-state index in [0.29, 0.717) is 49.7 Å². The Labute approximate surface area is 262 Å². The van der Waals surface area contributed by atoms with Crippen LogP contribution in [0.4, 0.5) is 0 Å². The van der Waals surface area contributed by atoms with Gasteiger partial charge in [0.1, 0.15) is 22.9 Å². The van der Waals surface area contributed by atoms with Gasteiger partial charge in [-0.2, -0.15) is 5.10 Å². The summed E-state index contributed by atoms with van der Waals surface area (Å²) in [6.45, 7) is 0. The zero-order valence-corrected chi connectivity index (χ0v) is 26.1. The molecule has 5 rings (SSSR count). The number of hydrazone groups is 1. The molecule has 0 unspecified atom stereocenters. The van der Waals surface area contributed by atoms with Crippen LogP contribution in [0.1, 0.15) is 26.4 Å². The summed E-state index contributed by atoms with van der Waals surface area (Å²) >= 11 is 13.4. The maximum absolute atomic E-state index is 13.6. The van der Waals surface area contributed by atoms with Crippen molar-refractivity contribution in [3.63, 3.8) is 0 Å². The molecule has 1 heterocycles. The quantitative estimate of drug-likeness (QED) is 0.0735. The molecule has 0 aliphatic rings. The maximum atomic E-state index is 13.6. The number of hydrogen-bond donors (Lipinski definition) is 2. The van der Waals surface area contributed by atoms with Crippen molar-refractivity contribution in [1.82, 2.24) is 10.4 Å². The largest absolute Gasteiger partial charge is 0.496 e. The predicted molar refractivity (Wildman–Crippen MR) is 170 cm³/mol. The Morgan fingerprint density at radius 3 is 2.26 bits per heavy atom. The van der Waals surface area contributed by atoms with Gasteiger partial charge in [0, 0.05) is 30.7 Å². The summed E-state index contributed by atoms with van der Waals surface area (Å²) in [6.07, 6.45) is 1.39. The molecule has 0 radical (unpaired) electrons. The summed E-state index contributed by atoms with van der Waals surface area (Å²) in [5.74, 6) is 0.249. The van der Waals surface area contributed by atoms with E-state index in [0.717, 1.165) is 8.95 Å². The van der Waals surface area contributed by atoms with Gasteiger partial charge in [-0.15, -0.1) is 0 Å². The molecular formula is C31H22Br2ClN3O5. The maximum Gasteiger partial charge on any atom is 0.343 e. The summed E-state index contributed by atoms with van der Waals surface area (Å²) in [5, 5.41) is 5.25. The minimum absolute atomic E-state index is 0.203. The van der Waals surface area contributed by atoms with E-state index in [1.165, 1.54) is 6.21 Å². The van der Waals surface area contributed by atoms with Crippen molar-refractivity contribution in [1.29, 1.82) is 0 Å². The van der Waals surface area contributed by atoms with Crippen LogP contribution in [0.2, 0.25) is 5.02 Å². The van der Waals surface area contributed by atoms with Crippen molar-refractivity contribution in [2.45, 2.75) is 0 Å². The first-order valence-corrected chi connectivity index (χ1v) is 14.4. The number of ether oxygens (including phenoxy) is 3. The first kappa shape index (κ1) is 29.4. The Kier molecular flexibility index (Phi) is 8.96. The zero-order valence-electron chi connectivity index (χ0n) is 22.2. The van der Waals surface area contributed by atoms with E-state index in [9.17, 15) is 9.59 Å². The van der Waals surface area contributed by atoms with Crippen molar-refractivity contribution >= 4 is 72.5 Å². The molecule has 5 aromatic rings. The van der Waals surface area contributed by atoms with Crippen LogP contribution in [0.15, 0.2) is 92.9 Å². The summed E-state index contributed by atoms with van der Waals surface area (Å²) in [4.78, 5) is 29.5. The molecule has 0 saturated carbocycles. The lowest BCUT2D eigenvalue weighted by Gasteiger charge is -2.10. The van der Waals surface area contributed by atoms with Gasteiger partial charge in [-0.05, 0) is 60.7 Å². The molecule has 1 aromatic heterocycles. The van der Waals surface area contributed by atoms with Gasteiger partial charge in [0.15, 0.2) is 0 Å². The molecule has 212 valence electrons. The average molecular weight is 712 g/mol. The molecule has 0 spiro atoms. The van der Waals surface area contributed by atoms with E-state index in [4.69, 9.17) is 25.8 Å². The summed E-state index contributed by atoms with van der Waals surface area (Å²) in [6, 6.07) is 22.6. The number of aromatic amines is 1. The number of carbonyl (C=O) groups excluding carboxylic acids is 2. The first-order valence-electron chi connectivity index (χ1n) is 12.4. The number of nitrogens with zero attached hydrogens (tertiary/aromatic N) is 1. The number of carbonyl (C=O) groups is 2. The van der Waals surface area contributed by atoms with Crippen LogP contribution in [-0.4, -0.2) is 37.3 Å². The fourth-order valence-corrected chi connectivity index (χ4v) is 5.24. The molecule has 4 aromatic carbocycles. The molecule has 42 heavy (non-hydrogen) atoms. The number of esters is 1. The SMILES string of the molecule is COc1ccc(OC)c2c(-c3ccccc3Cl)c(C(=O)NN=Cc3cc(Br)ccc3OC(=O)c3ccc(Br)cc3)[nH]c12. The van der Waals surface area contributed by atoms with Gasteiger partial charge in [-0.1, -0.05) is 61.7 Å². The van der Waals surface area contributed by atoms with Gasteiger partial charge in [0.2, 0.25) is 0 Å². The van der Waals surface area contributed by atoms with Crippen LogP contribution in [-0.2, 0) is 0 Å². The molecule has 11 heteroatoms. The summed E-state index contributed by atoms with van der Waals surface area (Å²) < 4.78 is 18.4. The predicted octanol–water partition coefficient (Wildman–Crippen LogP) is 8.01.